The van der Waals surface area contributed by atoms with E-state index in [9.17, 15) is 0 Å². The van der Waals surface area contributed by atoms with Crippen LogP contribution in [0.4, 0.5) is 0 Å². The number of aromatic nitrogens is 4. The van der Waals surface area contributed by atoms with Crippen molar-refractivity contribution in [1.29, 1.82) is 0 Å². The zero-order valence-electron chi connectivity index (χ0n) is 15.5. The van der Waals surface area contributed by atoms with E-state index >= 15 is 0 Å². The first-order valence-corrected chi connectivity index (χ1v) is 9.88. The van der Waals surface area contributed by atoms with Crippen LogP contribution < -0.4 is 0 Å². The number of hydrogen-bond donors (Lipinski definition) is 0. The second-order valence-corrected chi connectivity index (χ2v) is 7.78. The molecule has 5 heteroatoms. The van der Waals surface area contributed by atoms with Crippen LogP contribution in [-0.4, -0.2) is 19.5 Å². The van der Waals surface area contributed by atoms with Crippen LogP contribution in [0.15, 0.2) is 71.2 Å². The molecule has 3 aromatic carbocycles. The second-order valence-electron chi connectivity index (χ2n) is 6.93. The number of imidazole rings is 1. The smallest absolute Gasteiger partial charge is 0.199 e. The van der Waals surface area contributed by atoms with Crippen LogP contribution in [0.2, 0.25) is 0 Å². The summed E-state index contributed by atoms with van der Waals surface area (Å²) < 4.78 is 3.17. The minimum absolute atomic E-state index is 0.648. The van der Waals surface area contributed by atoms with E-state index in [-0.39, 0.29) is 0 Å². The highest BCUT2D eigenvalue weighted by atomic mass is 79.9. The van der Waals surface area contributed by atoms with Crippen molar-refractivity contribution in [2.75, 3.05) is 0 Å². The van der Waals surface area contributed by atoms with Gasteiger partial charge in [0.15, 0.2) is 11.3 Å². The first kappa shape index (κ1) is 17.1. The Balaban J connectivity index is 1.87. The van der Waals surface area contributed by atoms with Gasteiger partial charge in [-0.05, 0) is 49.7 Å². The van der Waals surface area contributed by atoms with Gasteiger partial charge in [-0.15, -0.1) is 0 Å². The summed E-state index contributed by atoms with van der Waals surface area (Å²) in [5, 5.41) is 0. The quantitative estimate of drug-likeness (QED) is 0.345. The molecule has 0 atom stereocenters. The normalized spacial score (nSPS) is 11.4. The van der Waals surface area contributed by atoms with Crippen molar-refractivity contribution in [3.05, 3.63) is 82.3 Å². The van der Waals surface area contributed by atoms with Gasteiger partial charge in [0.1, 0.15) is 5.82 Å². The van der Waals surface area contributed by atoms with Crippen LogP contribution in [0.1, 0.15) is 11.1 Å². The van der Waals surface area contributed by atoms with Gasteiger partial charge < -0.3 is 0 Å². The third-order valence-corrected chi connectivity index (χ3v) is 5.77. The van der Waals surface area contributed by atoms with Crippen LogP contribution in [-0.2, 0) is 0 Å². The molecule has 0 radical (unpaired) electrons. The molecule has 0 aliphatic rings. The lowest BCUT2D eigenvalue weighted by atomic mass is 10.1. The summed E-state index contributed by atoms with van der Waals surface area (Å²) in [6.45, 7) is 4.17. The number of halogens is 1. The van der Waals surface area contributed by atoms with Crippen LogP contribution >= 0.6 is 15.9 Å². The van der Waals surface area contributed by atoms with E-state index in [1.54, 1.807) is 0 Å². The number of benzene rings is 3. The van der Waals surface area contributed by atoms with Gasteiger partial charge in [0.05, 0.1) is 11.0 Å². The molecule has 2 heterocycles. The highest BCUT2D eigenvalue weighted by Crippen LogP contribution is 2.30. The standard InChI is InChI=1S/C23H17BrN4/c1-14-7-9-16(10-8-14)22-27-21-23(26-20-6-4-3-5-19(20)25-21)28(22)17-11-12-18(24)15(2)13-17/h3-13H,1-2H3. The largest absolute Gasteiger partial charge is 0.275 e. The van der Waals surface area contributed by atoms with E-state index in [1.165, 1.54) is 5.56 Å². The number of rotatable bonds is 2. The number of hydrogen-bond acceptors (Lipinski definition) is 3. The molecular formula is C23H17BrN4. The Kier molecular flexibility index (Phi) is 3.98. The molecule has 0 unspecified atom stereocenters. The molecule has 2 aromatic heterocycles. The van der Waals surface area contributed by atoms with E-state index in [2.05, 4.69) is 76.8 Å². The van der Waals surface area contributed by atoms with Gasteiger partial charge in [0.25, 0.3) is 0 Å². The first-order chi connectivity index (χ1) is 13.6. The van der Waals surface area contributed by atoms with Gasteiger partial charge >= 0.3 is 0 Å². The third kappa shape index (κ3) is 2.79. The average Bonchev–Trinajstić information content (AvgIpc) is 3.07. The van der Waals surface area contributed by atoms with Crippen molar-refractivity contribution in [3.63, 3.8) is 0 Å². The van der Waals surface area contributed by atoms with Crippen molar-refractivity contribution in [2.45, 2.75) is 13.8 Å². The van der Waals surface area contributed by atoms with Gasteiger partial charge in [-0.2, -0.15) is 0 Å². The van der Waals surface area contributed by atoms with E-state index in [0.29, 0.717) is 5.65 Å². The molecule has 0 aliphatic carbocycles. The molecule has 0 spiro atoms. The number of nitrogens with zero attached hydrogens (tertiary/aromatic N) is 4. The summed E-state index contributed by atoms with van der Waals surface area (Å²) >= 11 is 3.59. The van der Waals surface area contributed by atoms with Crippen molar-refractivity contribution >= 4 is 38.3 Å². The van der Waals surface area contributed by atoms with Gasteiger partial charge in [-0.1, -0.05) is 57.9 Å². The molecule has 5 rings (SSSR count). The van der Waals surface area contributed by atoms with Gasteiger partial charge in [0, 0.05) is 15.7 Å². The Morgan fingerprint density at radius 1 is 0.786 bits per heavy atom. The first-order valence-electron chi connectivity index (χ1n) is 9.09. The lowest BCUT2D eigenvalue weighted by molar-refractivity contribution is 1.08. The average molecular weight is 429 g/mol. The predicted octanol–water partition coefficient (Wildman–Crippen LogP) is 6.02. The lowest BCUT2D eigenvalue weighted by Crippen LogP contribution is -2.00. The lowest BCUT2D eigenvalue weighted by Gasteiger charge is -2.11. The van der Waals surface area contributed by atoms with Crippen molar-refractivity contribution in [3.8, 4) is 17.1 Å². The monoisotopic (exact) mass is 428 g/mol. The molecule has 5 aromatic rings. The van der Waals surface area contributed by atoms with E-state index < -0.39 is 0 Å². The molecule has 0 bridgehead atoms. The van der Waals surface area contributed by atoms with E-state index in [0.717, 1.165) is 43.8 Å². The fraction of sp³-hybridized carbons (Fsp3) is 0.0870. The van der Waals surface area contributed by atoms with Crippen LogP contribution in [0.3, 0.4) is 0 Å². The van der Waals surface area contributed by atoms with Gasteiger partial charge in [-0.25, -0.2) is 15.0 Å². The SMILES string of the molecule is Cc1ccc(-c2nc3nc4ccccc4nc3n2-c2ccc(Br)c(C)c2)cc1. The molecule has 0 saturated heterocycles. The van der Waals surface area contributed by atoms with Crippen LogP contribution in [0.25, 0.3) is 39.4 Å². The molecule has 0 amide bonds. The fourth-order valence-corrected chi connectivity index (χ4v) is 3.61. The molecule has 0 aliphatic heterocycles. The topological polar surface area (TPSA) is 43.6 Å². The molecule has 28 heavy (non-hydrogen) atoms. The number of aryl methyl sites for hydroxylation is 2. The third-order valence-electron chi connectivity index (χ3n) is 4.88. The van der Waals surface area contributed by atoms with Crippen molar-refractivity contribution in [2.24, 2.45) is 0 Å². The molecule has 0 saturated carbocycles. The highest BCUT2D eigenvalue weighted by Gasteiger charge is 2.18. The number of para-hydroxylation sites is 2. The zero-order chi connectivity index (χ0) is 19.3. The summed E-state index contributed by atoms with van der Waals surface area (Å²) in [6, 6.07) is 22.6. The zero-order valence-corrected chi connectivity index (χ0v) is 17.1. The Labute approximate surface area is 171 Å². The Morgan fingerprint density at radius 2 is 1.50 bits per heavy atom. The van der Waals surface area contributed by atoms with Crippen molar-refractivity contribution in [1.82, 2.24) is 19.5 Å². The van der Waals surface area contributed by atoms with Crippen LogP contribution in [0.5, 0.6) is 0 Å². The van der Waals surface area contributed by atoms with Gasteiger partial charge in [0.2, 0.25) is 0 Å². The highest BCUT2D eigenvalue weighted by molar-refractivity contribution is 9.10. The van der Waals surface area contributed by atoms with E-state index in [4.69, 9.17) is 15.0 Å². The minimum Gasteiger partial charge on any atom is -0.275 e. The van der Waals surface area contributed by atoms with Crippen LogP contribution in [0, 0.1) is 13.8 Å². The Bertz CT molecular complexity index is 1340. The fourth-order valence-electron chi connectivity index (χ4n) is 3.37. The molecule has 136 valence electrons. The molecule has 0 N–H and O–H groups in total. The minimum atomic E-state index is 0.648. The molecule has 0 fully saturated rings. The second kappa shape index (κ2) is 6.53. The maximum atomic E-state index is 4.90. The summed E-state index contributed by atoms with van der Waals surface area (Å²) in [6.07, 6.45) is 0. The summed E-state index contributed by atoms with van der Waals surface area (Å²) in [7, 11) is 0. The molecular weight excluding hydrogens is 412 g/mol. The number of fused-ring (bicyclic) bond motifs is 2. The maximum absolute atomic E-state index is 4.90. The Hall–Kier alpha value is -3.05. The summed E-state index contributed by atoms with van der Waals surface area (Å²) in [5.41, 5.74) is 7.54. The predicted molar refractivity (Wildman–Crippen MR) is 117 cm³/mol. The summed E-state index contributed by atoms with van der Waals surface area (Å²) in [5.74, 6) is 0.840. The molecule has 4 nitrogen and oxygen atoms in total. The maximum Gasteiger partial charge on any atom is 0.199 e. The Morgan fingerprint density at radius 3 is 2.21 bits per heavy atom. The van der Waals surface area contributed by atoms with E-state index in [1.807, 2.05) is 24.3 Å². The summed E-state index contributed by atoms with van der Waals surface area (Å²) in [4.78, 5) is 14.5. The van der Waals surface area contributed by atoms with Gasteiger partial charge in [-0.3, -0.25) is 4.57 Å². The van der Waals surface area contributed by atoms with Crippen molar-refractivity contribution < 1.29 is 0 Å².